The van der Waals surface area contributed by atoms with Crippen LogP contribution >= 0.6 is 0 Å². The first-order valence-electron chi connectivity index (χ1n) is 6.22. The molecule has 3 rings (SSSR count). The molecule has 2 atom stereocenters. The highest BCUT2D eigenvalue weighted by Gasteiger charge is 2.53. The highest BCUT2D eigenvalue weighted by molar-refractivity contribution is 5.79. The monoisotopic (exact) mass is 209 g/mol. The first-order valence-corrected chi connectivity index (χ1v) is 6.22. The molecule has 0 radical (unpaired) electrons. The molecule has 3 nitrogen and oxygen atoms in total. The van der Waals surface area contributed by atoms with E-state index in [1.54, 1.807) is 0 Å². The maximum Gasteiger partial charge on any atom is 0.324 e. The van der Waals surface area contributed by atoms with Gasteiger partial charge in [-0.1, -0.05) is 12.8 Å². The number of nitrogens with zero attached hydrogens (tertiary/aromatic N) is 1. The molecule has 0 aromatic carbocycles. The summed E-state index contributed by atoms with van der Waals surface area (Å²) in [5.41, 5.74) is -0.472. The Kier molecular flexibility index (Phi) is 2.06. The van der Waals surface area contributed by atoms with Crippen molar-refractivity contribution in [1.82, 2.24) is 4.90 Å². The third-order valence-corrected chi connectivity index (χ3v) is 4.79. The molecule has 2 bridgehead atoms. The number of hydrogen-bond donors (Lipinski definition) is 1. The molecule has 0 amide bonds. The van der Waals surface area contributed by atoms with Gasteiger partial charge in [0.15, 0.2) is 0 Å². The number of piperidine rings is 1. The van der Waals surface area contributed by atoms with Crippen molar-refractivity contribution in [2.24, 2.45) is 5.92 Å². The van der Waals surface area contributed by atoms with Crippen LogP contribution in [0.25, 0.3) is 0 Å². The second-order valence-electron chi connectivity index (χ2n) is 5.53. The Balaban J connectivity index is 1.87. The zero-order valence-electron chi connectivity index (χ0n) is 9.11. The lowest BCUT2D eigenvalue weighted by Gasteiger charge is -2.40. The van der Waals surface area contributed by atoms with E-state index >= 15 is 0 Å². The van der Waals surface area contributed by atoms with Gasteiger partial charge in [-0.05, 0) is 38.0 Å². The quantitative estimate of drug-likeness (QED) is 0.754. The molecule has 2 saturated carbocycles. The molecule has 3 aliphatic rings. The Hall–Kier alpha value is -0.570. The van der Waals surface area contributed by atoms with E-state index in [1.807, 2.05) is 0 Å². The SMILES string of the molecule is O=C(O)C1(N2CC3CCC2C3)CCCC1. The third-order valence-electron chi connectivity index (χ3n) is 4.79. The fourth-order valence-electron chi connectivity index (χ4n) is 4.03. The predicted molar refractivity (Wildman–Crippen MR) is 56.7 cm³/mol. The molecule has 84 valence electrons. The van der Waals surface area contributed by atoms with Crippen molar-refractivity contribution in [2.75, 3.05) is 6.54 Å². The van der Waals surface area contributed by atoms with Crippen molar-refractivity contribution >= 4 is 5.97 Å². The van der Waals surface area contributed by atoms with E-state index in [2.05, 4.69) is 4.90 Å². The molecule has 3 heteroatoms. The number of aliphatic carboxylic acids is 1. The molecule has 15 heavy (non-hydrogen) atoms. The van der Waals surface area contributed by atoms with E-state index in [1.165, 1.54) is 19.3 Å². The molecule has 1 saturated heterocycles. The van der Waals surface area contributed by atoms with E-state index in [0.29, 0.717) is 6.04 Å². The summed E-state index contributed by atoms with van der Waals surface area (Å²) in [5.74, 6) is 0.236. The minimum atomic E-state index is -0.562. The van der Waals surface area contributed by atoms with Crippen LogP contribution in [0.4, 0.5) is 0 Å². The van der Waals surface area contributed by atoms with Gasteiger partial charge in [0.2, 0.25) is 0 Å². The van der Waals surface area contributed by atoms with Crippen molar-refractivity contribution in [3.8, 4) is 0 Å². The normalized spacial score (nSPS) is 38.7. The zero-order valence-corrected chi connectivity index (χ0v) is 9.11. The van der Waals surface area contributed by atoms with Crippen LogP contribution < -0.4 is 0 Å². The van der Waals surface area contributed by atoms with Gasteiger partial charge in [-0.3, -0.25) is 9.69 Å². The van der Waals surface area contributed by atoms with Crippen LogP contribution in [0, 0.1) is 5.92 Å². The Labute approximate surface area is 90.5 Å². The zero-order chi connectivity index (χ0) is 10.5. The van der Waals surface area contributed by atoms with Gasteiger partial charge in [0, 0.05) is 12.6 Å². The van der Waals surface area contributed by atoms with Crippen LogP contribution in [-0.2, 0) is 4.79 Å². The standard InChI is InChI=1S/C12H19NO2/c14-11(15)12(5-1-2-6-12)13-8-9-3-4-10(13)7-9/h9-10H,1-8H2,(H,14,15). The van der Waals surface area contributed by atoms with Crippen molar-refractivity contribution in [3.05, 3.63) is 0 Å². The van der Waals surface area contributed by atoms with Gasteiger partial charge in [0.25, 0.3) is 0 Å². The number of hydrogen-bond acceptors (Lipinski definition) is 2. The highest BCUT2D eigenvalue weighted by atomic mass is 16.4. The summed E-state index contributed by atoms with van der Waals surface area (Å²) in [7, 11) is 0. The molecule has 2 unspecified atom stereocenters. The second-order valence-corrected chi connectivity index (χ2v) is 5.53. The van der Waals surface area contributed by atoms with E-state index in [9.17, 15) is 9.90 Å². The molecule has 1 N–H and O–H groups in total. The van der Waals surface area contributed by atoms with Gasteiger partial charge in [-0.2, -0.15) is 0 Å². The summed E-state index contributed by atoms with van der Waals surface area (Å²) < 4.78 is 0. The van der Waals surface area contributed by atoms with Crippen LogP contribution in [0.15, 0.2) is 0 Å². The average molecular weight is 209 g/mol. The van der Waals surface area contributed by atoms with Gasteiger partial charge in [-0.25, -0.2) is 0 Å². The summed E-state index contributed by atoms with van der Waals surface area (Å²) in [5, 5.41) is 9.51. The van der Waals surface area contributed by atoms with Gasteiger partial charge in [0.05, 0.1) is 0 Å². The maximum atomic E-state index is 11.5. The molecular weight excluding hydrogens is 190 g/mol. The van der Waals surface area contributed by atoms with E-state index in [4.69, 9.17) is 0 Å². The number of carboxylic acid groups (broad SMARTS) is 1. The number of carbonyl (C=O) groups is 1. The Morgan fingerprint density at radius 2 is 2.00 bits per heavy atom. The Morgan fingerprint density at radius 3 is 2.47 bits per heavy atom. The molecule has 2 aliphatic carbocycles. The van der Waals surface area contributed by atoms with E-state index in [0.717, 1.165) is 38.1 Å². The number of fused-ring (bicyclic) bond motifs is 2. The van der Waals surface area contributed by atoms with Crippen molar-refractivity contribution in [3.63, 3.8) is 0 Å². The largest absolute Gasteiger partial charge is 0.480 e. The van der Waals surface area contributed by atoms with E-state index < -0.39 is 11.5 Å². The first kappa shape index (κ1) is 9.64. The summed E-state index contributed by atoms with van der Waals surface area (Å²) in [6.07, 6.45) is 7.78. The van der Waals surface area contributed by atoms with Crippen LogP contribution in [-0.4, -0.2) is 34.1 Å². The van der Waals surface area contributed by atoms with Gasteiger partial charge < -0.3 is 5.11 Å². The van der Waals surface area contributed by atoms with Gasteiger partial charge in [0.1, 0.15) is 5.54 Å². The number of rotatable bonds is 2. The Morgan fingerprint density at radius 1 is 1.27 bits per heavy atom. The summed E-state index contributed by atoms with van der Waals surface area (Å²) in [6.45, 7) is 1.05. The highest BCUT2D eigenvalue weighted by Crippen LogP contribution is 2.46. The maximum absolute atomic E-state index is 11.5. The van der Waals surface area contributed by atoms with Gasteiger partial charge >= 0.3 is 5.97 Å². The topological polar surface area (TPSA) is 40.5 Å². The summed E-state index contributed by atoms with van der Waals surface area (Å²) in [4.78, 5) is 13.9. The van der Waals surface area contributed by atoms with Crippen LogP contribution in [0.1, 0.15) is 44.9 Å². The smallest absolute Gasteiger partial charge is 0.324 e. The molecule has 0 aromatic heterocycles. The lowest BCUT2D eigenvalue weighted by atomic mass is 9.92. The molecule has 0 aromatic rings. The van der Waals surface area contributed by atoms with Crippen molar-refractivity contribution < 1.29 is 9.90 Å². The molecule has 3 fully saturated rings. The van der Waals surface area contributed by atoms with Crippen LogP contribution in [0.5, 0.6) is 0 Å². The van der Waals surface area contributed by atoms with E-state index in [-0.39, 0.29) is 0 Å². The second kappa shape index (κ2) is 3.21. The van der Waals surface area contributed by atoms with Crippen LogP contribution in [0.3, 0.4) is 0 Å². The fraction of sp³-hybridized carbons (Fsp3) is 0.917. The summed E-state index contributed by atoms with van der Waals surface area (Å²) >= 11 is 0. The molecular formula is C12H19NO2. The number of likely N-dealkylation sites (tertiary alicyclic amines) is 1. The molecule has 1 aliphatic heterocycles. The van der Waals surface area contributed by atoms with Gasteiger partial charge in [-0.15, -0.1) is 0 Å². The Bertz CT molecular complexity index is 283. The molecule has 0 spiro atoms. The predicted octanol–water partition coefficient (Wildman–Crippen LogP) is 1.87. The van der Waals surface area contributed by atoms with Crippen molar-refractivity contribution in [1.29, 1.82) is 0 Å². The minimum Gasteiger partial charge on any atom is -0.480 e. The molecule has 1 heterocycles. The summed E-state index contributed by atoms with van der Waals surface area (Å²) in [6, 6.07) is 0.587. The third kappa shape index (κ3) is 1.25. The number of carboxylic acids is 1. The lowest BCUT2D eigenvalue weighted by Crippen LogP contribution is -2.55. The first-order chi connectivity index (χ1) is 7.22. The van der Waals surface area contributed by atoms with Crippen molar-refractivity contribution in [2.45, 2.75) is 56.5 Å². The van der Waals surface area contributed by atoms with Crippen LogP contribution in [0.2, 0.25) is 0 Å². The minimum absolute atomic E-state index is 0.472. The lowest BCUT2D eigenvalue weighted by molar-refractivity contribution is -0.152. The fourth-order valence-corrected chi connectivity index (χ4v) is 4.03. The average Bonchev–Trinajstić information content (AvgIpc) is 2.94.